The molecule has 1 saturated heterocycles. The Labute approximate surface area is 99.6 Å². The molecule has 0 amide bonds. The normalized spacial score (nSPS) is 20.0. The highest BCUT2D eigenvalue weighted by Crippen LogP contribution is 2.17. The van der Waals surface area contributed by atoms with E-state index in [2.05, 4.69) is 23.6 Å². The van der Waals surface area contributed by atoms with Crippen LogP contribution in [0, 0.1) is 5.92 Å². The fraction of sp³-hybridized carbons (Fsp3) is 1.00. The summed E-state index contributed by atoms with van der Waals surface area (Å²) >= 11 is 5.87. The van der Waals surface area contributed by atoms with Crippen molar-refractivity contribution in [3.05, 3.63) is 0 Å². The van der Waals surface area contributed by atoms with E-state index < -0.39 is 0 Å². The molecule has 90 valence electrons. The van der Waals surface area contributed by atoms with Crippen molar-refractivity contribution < 1.29 is 0 Å². The van der Waals surface area contributed by atoms with Gasteiger partial charge in [-0.05, 0) is 44.9 Å². The lowest BCUT2D eigenvalue weighted by Crippen LogP contribution is -2.39. The molecule has 15 heavy (non-hydrogen) atoms. The smallest absolute Gasteiger partial charge is 0.0252 e. The first kappa shape index (κ1) is 13.3. The molecule has 0 N–H and O–H groups in total. The maximum Gasteiger partial charge on any atom is 0.0252 e. The molecule has 0 aromatic carbocycles. The summed E-state index contributed by atoms with van der Waals surface area (Å²) in [6.45, 7) is 11.8. The van der Waals surface area contributed by atoms with Crippen molar-refractivity contribution in [2.45, 2.75) is 26.7 Å². The second-order valence-corrected chi connectivity index (χ2v) is 4.77. The van der Waals surface area contributed by atoms with Gasteiger partial charge in [0, 0.05) is 19.0 Å². The van der Waals surface area contributed by atoms with Crippen LogP contribution in [0.5, 0.6) is 0 Å². The fourth-order valence-corrected chi connectivity index (χ4v) is 2.50. The van der Waals surface area contributed by atoms with Gasteiger partial charge in [-0.2, -0.15) is 0 Å². The maximum absolute atomic E-state index is 5.87. The minimum Gasteiger partial charge on any atom is -0.303 e. The molecule has 0 aromatic heterocycles. The van der Waals surface area contributed by atoms with Crippen molar-refractivity contribution in [3.63, 3.8) is 0 Å². The highest BCUT2D eigenvalue weighted by Gasteiger charge is 2.18. The summed E-state index contributed by atoms with van der Waals surface area (Å²) < 4.78 is 0. The van der Waals surface area contributed by atoms with Gasteiger partial charge in [0.1, 0.15) is 0 Å². The number of likely N-dealkylation sites (N-methyl/N-ethyl adjacent to an activating group) is 1. The van der Waals surface area contributed by atoms with Crippen molar-refractivity contribution in [1.82, 2.24) is 9.80 Å². The predicted molar refractivity (Wildman–Crippen MR) is 67.7 cm³/mol. The van der Waals surface area contributed by atoms with Crippen LogP contribution in [0.3, 0.4) is 0 Å². The molecule has 0 unspecified atom stereocenters. The molecule has 0 atom stereocenters. The summed E-state index contributed by atoms with van der Waals surface area (Å²) in [5.41, 5.74) is 0. The molecule has 1 aliphatic heterocycles. The molecule has 0 aliphatic carbocycles. The van der Waals surface area contributed by atoms with Gasteiger partial charge in [-0.15, -0.1) is 11.6 Å². The summed E-state index contributed by atoms with van der Waals surface area (Å²) in [6.07, 6.45) is 2.59. The highest BCUT2D eigenvalue weighted by molar-refractivity contribution is 6.18. The maximum atomic E-state index is 5.87. The molecule has 1 aliphatic rings. The summed E-state index contributed by atoms with van der Waals surface area (Å²) in [5, 5.41) is 0. The van der Waals surface area contributed by atoms with Gasteiger partial charge >= 0.3 is 0 Å². The SMILES string of the molecule is CCN(CC)CCN1CCC(CCl)CC1. The van der Waals surface area contributed by atoms with Crippen molar-refractivity contribution in [1.29, 1.82) is 0 Å². The number of likely N-dealkylation sites (tertiary alicyclic amines) is 1. The van der Waals surface area contributed by atoms with E-state index in [1.54, 1.807) is 0 Å². The Morgan fingerprint density at radius 2 is 1.80 bits per heavy atom. The zero-order chi connectivity index (χ0) is 11.1. The molecule has 0 spiro atoms. The minimum absolute atomic E-state index is 0.774. The number of hydrogen-bond donors (Lipinski definition) is 0. The van der Waals surface area contributed by atoms with E-state index in [1.807, 2.05) is 0 Å². The van der Waals surface area contributed by atoms with Crippen molar-refractivity contribution in [2.24, 2.45) is 5.92 Å². The van der Waals surface area contributed by atoms with Crippen LogP contribution < -0.4 is 0 Å². The molecule has 0 radical (unpaired) electrons. The number of hydrogen-bond acceptors (Lipinski definition) is 2. The Morgan fingerprint density at radius 1 is 1.20 bits per heavy atom. The average molecular weight is 233 g/mol. The average Bonchev–Trinajstić information content (AvgIpc) is 2.31. The lowest BCUT2D eigenvalue weighted by molar-refractivity contribution is 0.166. The Kier molecular flexibility index (Phi) is 6.62. The molecule has 0 aromatic rings. The van der Waals surface area contributed by atoms with Crippen LogP contribution in [-0.2, 0) is 0 Å². The number of rotatable bonds is 6. The Morgan fingerprint density at radius 3 is 2.27 bits per heavy atom. The van der Waals surface area contributed by atoms with Gasteiger partial charge in [0.15, 0.2) is 0 Å². The van der Waals surface area contributed by atoms with Crippen LogP contribution in [0.15, 0.2) is 0 Å². The molecular weight excluding hydrogens is 208 g/mol. The van der Waals surface area contributed by atoms with E-state index in [4.69, 9.17) is 11.6 Å². The van der Waals surface area contributed by atoms with Crippen LogP contribution in [0.25, 0.3) is 0 Å². The van der Waals surface area contributed by atoms with Crippen LogP contribution in [0.1, 0.15) is 26.7 Å². The molecule has 0 bridgehead atoms. The second kappa shape index (κ2) is 7.48. The van der Waals surface area contributed by atoms with E-state index in [1.165, 1.54) is 52.1 Å². The van der Waals surface area contributed by atoms with Crippen LogP contribution in [-0.4, -0.2) is 54.9 Å². The Balaban J connectivity index is 2.12. The first-order valence-corrected chi connectivity index (χ1v) is 6.84. The van der Waals surface area contributed by atoms with Crippen LogP contribution in [0.2, 0.25) is 0 Å². The van der Waals surface area contributed by atoms with Crippen molar-refractivity contribution in [3.8, 4) is 0 Å². The van der Waals surface area contributed by atoms with Crippen LogP contribution in [0.4, 0.5) is 0 Å². The summed E-state index contributed by atoms with van der Waals surface area (Å²) in [7, 11) is 0. The summed E-state index contributed by atoms with van der Waals surface area (Å²) in [4.78, 5) is 5.08. The molecule has 1 heterocycles. The van der Waals surface area contributed by atoms with E-state index in [0.717, 1.165) is 11.8 Å². The van der Waals surface area contributed by atoms with E-state index in [9.17, 15) is 0 Å². The summed E-state index contributed by atoms with van der Waals surface area (Å²) in [6, 6.07) is 0. The number of nitrogens with zero attached hydrogens (tertiary/aromatic N) is 2. The summed E-state index contributed by atoms with van der Waals surface area (Å²) in [5.74, 6) is 1.63. The molecule has 1 fully saturated rings. The zero-order valence-corrected chi connectivity index (χ0v) is 11.0. The van der Waals surface area contributed by atoms with Gasteiger partial charge in [-0.25, -0.2) is 0 Å². The monoisotopic (exact) mass is 232 g/mol. The highest BCUT2D eigenvalue weighted by atomic mass is 35.5. The Hall–Kier alpha value is 0.210. The van der Waals surface area contributed by atoms with Gasteiger partial charge in [0.05, 0.1) is 0 Å². The first-order valence-electron chi connectivity index (χ1n) is 6.30. The second-order valence-electron chi connectivity index (χ2n) is 4.47. The zero-order valence-electron chi connectivity index (χ0n) is 10.2. The van der Waals surface area contributed by atoms with Gasteiger partial charge in [0.25, 0.3) is 0 Å². The van der Waals surface area contributed by atoms with E-state index in [-0.39, 0.29) is 0 Å². The van der Waals surface area contributed by atoms with E-state index in [0.29, 0.717) is 0 Å². The number of piperidine rings is 1. The third-order valence-electron chi connectivity index (χ3n) is 3.55. The third kappa shape index (κ3) is 4.71. The first-order chi connectivity index (χ1) is 7.30. The van der Waals surface area contributed by atoms with Crippen molar-refractivity contribution in [2.75, 3.05) is 45.1 Å². The number of alkyl halides is 1. The number of halogens is 1. The minimum atomic E-state index is 0.774. The van der Waals surface area contributed by atoms with E-state index >= 15 is 0 Å². The molecular formula is C12H25ClN2. The van der Waals surface area contributed by atoms with Crippen LogP contribution >= 0.6 is 11.6 Å². The predicted octanol–water partition coefficient (Wildman–Crippen LogP) is 2.28. The fourth-order valence-electron chi connectivity index (χ4n) is 2.19. The van der Waals surface area contributed by atoms with Gasteiger partial charge in [-0.1, -0.05) is 13.8 Å². The molecule has 0 saturated carbocycles. The van der Waals surface area contributed by atoms with Crippen molar-refractivity contribution >= 4 is 11.6 Å². The van der Waals surface area contributed by atoms with Gasteiger partial charge in [-0.3, -0.25) is 0 Å². The standard InChI is InChI=1S/C12H25ClN2/c1-3-14(4-2)9-10-15-7-5-12(11-13)6-8-15/h12H,3-11H2,1-2H3. The lowest BCUT2D eigenvalue weighted by atomic mass is 9.99. The molecule has 1 rings (SSSR count). The van der Waals surface area contributed by atoms with Gasteiger partial charge in [0.2, 0.25) is 0 Å². The lowest BCUT2D eigenvalue weighted by Gasteiger charge is -2.32. The largest absolute Gasteiger partial charge is 0.303 e. The van der Waals surface area contributed by atoms with Gasteiger partial charge < -0.3 is 9.80 Å². The Bertz CT molecular complexity index is 152. The third-order valence-corrected chi connectivity index (χ3v) is 3.99. The molecule has 3 heteroatoms. The quantitative estimate of drug-likeness (QED) is 0.649. The molecule has 2 nitrogen and oxygen atoms in total. The topological polar surface area (TPSA) is 6.48 Å².